The van der Waals surface area contributed by atoms with Gasteiger partial charge in [-0.15, -0.1) is 0 Å². The Bertz CT molecular complexity index is 1120. The summed E-state index contributed by atoms with van der Waals surface area (Å²) in [6.07, 6.45) is -0.134. The number of aromatic nitrogens is 3. The van der Waals surface area contributed by atoms with E-state index >= 15 is 0 Å². The molecule has 0 saturated carbocycles. The molecule has 1 aromatic heterocycles. The molecule has 4 rings (SSSR count). The van der Waals surface area contributed by atoms with E-state index in [0.29, 0.717) is 5.82 Å². The zero-order valence-corrected chi connectivity index (χ0v) is 17.9. The van der Waals surface area contributed by atoms with E-state index in [1.54, 1.807) is 0 Å². The zero-order valence-electron chi connectivity index (χ0n) is 17.9. The van der Waals surface area contributed by atoms with Gasteiger partial charge in [-0.3, -0.25) is 14.7 Å². The molecule has 1 aliphatic carbocycles. The number of carbonyl (C=O) groups is 3. The second-order valence-corrected chi connectivity index (χ2v) is 7.75. The first-order valence-corrected chi connectivity index (χ1v) is 10.4. The predicted octanol–water partition coefficient (Wildman–Crippen LogP) is 2.15. The van der Waals surface area contributed by atoms with Crippen LogP contribution in [0.2, 0.25) is 0 Å². The van der Waals surface area contributed by atoms with Gasteiger partial charge in [0, 0.05) is 13.0 Å². The minimum Gasteiger partial charge on any atom is -0.481 e. The number of H-pyrrole nitrogens is 1. The summed E-state index contributed by atoms with van der Waals surface area (Å²) in [4.78, 5) is 41.8. The van der Waals surface area contributed by atoms with Gasteiger partial charge in [0.05, 0.1) is 13.0 Å². The summed E-state index contributed by atoms with van der Waals surface area (Å²) in [5, 5.41) is 18.0. The van der Waals surface area contributed by atoms with Gasteiger partial charge in [0.15, 0.2) is 0 Å². The van der Waals surface area contributed by atoms with E-state index in [9.17, 15) is 19.5 Å². The summed E-state index contributed by atoms with van der Waals surface area (Å²) in [7, 11) is 1.49. The summed E-state index contributed by atoms with van der Waals surface area (Å²) in [6, 6.07) is 14.6. The molecule has 1 unspecified atom stereocenters. The summed E-state index contributed by atoms with van der Waals surface area (Å²) >= 11 is 0. The fourth-order valence-corrected chi connectivity index (χ4v) is 4.03. The first-order valence-electron chi connectivity index (χ1n) is 10.4. The van der Waals surface area contributed by atoms with E-state index in [1.807, 2.05) is 48.5 Å². The molecular weight excluding hydrogens is 426 g/mol. The average Bonchev–Trinajstić information content (AvgIpc) is 3.42. The molecule has 10 nitrogen and oxygen atoms in total. The van der Waals surface area contributed by atoms with Crippen molar-refractivity contribution in [1.82, 2.24) is 25.4 Å². The van der Waals surface area contributed by atoms with Crippen LogP contribution in [0.1, 0.15) is 29.3 Å². The normalized spacial score (nSPS) is 13.0. The van der Waals surface area contributed by atoms with Crippen LogP contribution in [0.5, 0.6) is 0 Å². The van der Waals surface area contributed by atoms with Crippen molar-refractivity contribution in [3.05, 3.63) is 71.8 Å². The number of likely N-dealkylation sites (N-methyl/N-ethyl adjacent to an activating group) is 1. The molecule has 2 amide bonds. The van der Waals surface area contributed by atoms with Gasteiger partial charge in [0.25, 0.3) is 0 Å². The average molecular weight is 449 g/mol. The molecule has 3 aromatic rings. The number of aromatic amines is 1. The lowest BCUT2D eigenvalue weighted by molar-refractivity contribution is -0.142. The number of carboxylic acid groups (broad SMARTS) is 1. The number of hydrogen-bond acceptors (Lipinski definition) is 6. The number of carbonyl (C=O) groups excluding carboxylic acids is 2. The van der Waals surface area contributed by atoms with Crippen LogP contribution < -0.4 is 5.32 Å². The first kappa shape index (κ1) is 22.0. The maximum Gasteiger partial charge on any atom is 0.407 e. The minimum atomic E-state index is -1.29. The number of amides is 2. The number of fused-ring (bicyclic) bond motifs is 3. The molecular formula is C23H23N5O5. The van der Waals surface area contributed by atoms with E-state index in [4.69, 9.17) is 4.74 Å². The van der Waals surface area contributed by atoms with E-state index in [1.165, 1.54) is 18.3 Å². The lowest BCUT2D eigenvalue weighted by Crippen LogP contribution is -2.48. The third-order valence-electron chi connectivity index (χ3n) is 5.54. The van der Waals surface area contributed by atoms with Crippen LogP contribution in [0, 0.1) is 0 Å². The number of nitrogens with one attached hydrogen (secondary N) is 2. The quantitative estimate of drug-likeness (QED) is 0.479. The molecule has 3 N–H and O–H groups in total. The summed E-state index contributed by atoms with van der Waals surface area (Å²) < 4.78 is 5.45. The SMILES string of the molecule is CN(Cc1ncn[nH]1)C(=O)C(CC(=O)O)NC(=O)OCC1c2ccccc2-c2ccccc21. The Balaban J connectivity index is 1.42. The number of rotatable bonds is 8. The van der Waals surface area contributed by atoms with Gasteiger partial charge in [-0.05, 0) is 22.3 Å². The fraction of sp³-hybridized carbons (Fsp3) is 0.261. The van der Waals surface area contributed by atoms with Gasteiger partial charge < -0.3 is 20.1 Å². The third kappa shape index (κ3) is 4.84. The second-order valence-electron chi connectivity index (χ2n) is 7.75. The van der Waals surface area contributed by atoms with Crippen LogP contribution in [-0.4, -0.2) is 62.9 Å². The maximum absolute atomic E-state index is 12.8. The number of alkyl carbamates (subject to hydrolysis) is 1. The Morgan fingerprint density at radius 2 is 1.76 bits per heavy atom. The highest BCUT2D eigenvalue weighted by Crippen LogP contribution is 2.44. The number of hydrogen-bond donors (Lipinski definition) is 3. The molecule has 0 radical (unpaired) electrons. The van der Waals surface area contributed by atoms with Gasteiger partial charge in [0.2, 0.25) is 5.91 Å². The Hall–Kier alpha value is -4.21. The molecule has 0 bridgehead atoms. The number of nitrogens with zero attached hydrogens (tertiary/aromatic N) is 3. The van der Waals surface area contributed by atoms with Crippen molar-refractivity contribution in [1.29, 1.82) is 0 Å². The van der Waals surface area contributed by atoms with Crippen molar-refractivity contribution < 1.29 is 24.2 Å². The lowest BCUT2D eigenvalue weighted by Gasteiger charge is -2.23. The van der Waals surface area contributed by atoms with E-state index < -0.39 is 30.4 Å². The van der Waals surface area contributed by atoms with Gasteiger partial charge in [-0.1, -0.05) is 48.5 Å². The standard InChI is InChI=1S/C23H23N5O5/c1-28(11-20-24-13-25-27-20)22(31)19(10-21(29)30)26-23(32)33-12-18-16-8-4-2-6-14(16)15-7-3-5-9-17(15)18/h2-9,13,18-19H,10-12H2,1H3,(H,26,32)(H,29,30)(H,24,25,27). The summed E-state index contributed by atoms with van der Waals surface area (Å²) in [6.45, 7) is 0.142. The van der Waals surface area contributed by atoms with Crippen LogP contribution in [0.4, 0.5) is 4.79 Å². The van der Waals surface area contributed by atoms with Crippen LogP contribution in [-0.2, 0) is 20.9 Å². The van der Waals surface area contributed by atoms with E-state index in [2.05, 4.69) is 20.5 Å². The van der Waals surface area contributed by atoms with Crippen LogP contribution in [0.25, 0.3) is 11.1 Å². The van der Waals surface area contributed by atoms with Crippen LogP contribution in [0.15, 0.2) is 54.9 Å². The van der Waals surface area contributed by atoms with Gasteiger partial charge in [-0.2, -0.15) is 5.10 Å². The molecule has 1 atom stereocenters. The molecule has 1 aliphatic rings. The predicted molar refractivity (Wildman–Crippen MR) is 117 cm³/mol. The Morgan fingerprint density at radius 1 is 1.12 bits per heavy atom. The van der Waals surface area contributed by atoms with Crippen molar-refractivity contribution in [3.8, 4) is 11.1 Å². The molecule has 10 heteroatoms. The largest absolute Gasteiger partial charge is 0.481 e. The smallest absolute Gasteiger partial charge is 0.407 e. The molecule has 0 spiro atoms. The molecule has 33 heavy (non-hydrogen) atoms. The van der Waals surface area contributed by atoms with Gasteiger partial charge in [-0.25, -0.2) is 9.78 Å². The second kappa shape index (κ2) is 9.51. The zero-order chi connectivity index (χ0) is 23.4. The molecule has 0 aliphatic heterocycles. The van der Waals surface area contributed by atoms with Crippen molar-refractivity contribution >= 4 is 18.0 Å². The van der Waals surface area contributed by atoms with E-state index in [-0.39, 0.29) is 19.1 Å². The lowest BCUT2D eigenvalue weighted by atomic mass is 9.98. The van der Waals surface area contributed by atoms with Crippen molar-refractivity contribution in [2.75, 3.05) is 13.7 Å². The molecule has 170 valence electrons. The highest BCUT2D eigenvalue weighted by molar-refractivity contribution is 5.89. The maximum atomic E-state index is 12.8. The Labute approximate surface area is 189 Å². The molecule has 0 saturated heterocycles. The monoisotopic (exact) mass is 449 g/mol. The van der Waals surface area contributed by atoms with Crippen molar-refractivity contribution in [3.63, 3.8) is 0 Å². The van der Waals surface area contributed by atoms with Crippen LogP contribution in [0.3, 0.4) is 0 Å². The van der Waals surface area contributed by atoms with Gasteiger partial charge in [0.1, 0.15) is 24.8 Å². The number of aliphatic carboxylic acids is 1. The summed E-state index contributed by atoms with van der Waals surface area (Å²) in [5.41, 5.74) is 4.29. The molecule has 0 fully saturated rings. The number of benzene rings is 2. The highest BCUT2D eigenvalue weighted by atomic mass is 16.5. The highest BCUT2D eigenvalue weighted by Gasteiger charge is 2.31. The Kier molecular flexibility index (Phi) is 6.34. The van der Waals surface area contributed by atoms with Crippen molar-refractivity contribution in [2.45, 2.75) is 24.9 Å². The van der Waals surface area contributed by atoms with Crippen molar-refractivity contribution in [2.24, 2.45) is 0 Å². The Morgan fingerprint density at radius 3 is 2.33 bits per heavy atom. The minimum absolute atomic E-state index is 0.0573. The molecule has 1 heterocycles. The summed E-state index contributed by atoms with van der Waals surface area (Å²) in [5.74, 6) is -1.52. The van der Waals surface area contributed by atoms with Crippen LogP contribution >= 0.6 is 0 Å². The third-order valence-corrected chi connectivity index (χ3v) is 5.54. The fourth-order valence-electron chi connectivity index (χ4n) is 4.03. The number of carboxylic acids is 1. The topological polar surface area (TPSA) is 138 Å². The first-order chi connectivity index (χ1) is 15.9. The number of ether oxygens (including phenoxy) is 1. The molecule has 2 aromatic carbocycles. The van der Waals surface area contributed by atoms with E-state index in [0.717, 1.165) is 22.3 Å². The van der Waals surface area contributed by atoms with Gasteiger partial charge >= 0.3 is 12.1 Å².